The number of rotatable bonds is 4. The van der Waals surface area contributed by atoms with Crippen molar-refractivity contribution in [2.45, 2.75) is 51.7 Å². The highest BCUT2D eigenvalue weighted by Crippen LogP contribution is 2.29. The van der Waals surface area contributed by atoms with Gasteiger partial charge in [0.05, 0.1) is 24.7 Å². The predicted octanol–water partition coefficient (Wildman–Crippen LogP) is 1.79. The first-order chi connectivity index (χ1) is 10.0. The predicted molar refractivity (Wildman–Crippen MR) is 78.1 cm³/mol. The summed E-state index contributed by atoms with van der Waals surface area (Å²) in [4.78, 5) is 27.3. The van der Waals surface area contributed by atoms with Gasteiger partial charge in [0.2, 0.25) is 0 Å². The van der Waals surface area contributed by atoms with Gasteiger partial charge >= 0.3 is 12.0 Å². The van der Waals surface area contributed by atoms with Crippen LogP contribution in [0.2, 0.25) is 0 Å². The van der Waals surface area contributed by atoms with E-state index in [1.54, 1.807) is 11.8 Å². The van der Waals surface area contributed by atoms with Crippen molar-refractivity contribution < 1.29 is 19.4 Å². The molecule has 1 aliphatic heterocycles. The summed E-state index contributed by atoms with van der Waals surface area (Å²) in [6.07, 6.45) is 4.46. The molecule has 6 nitrogen and oxygen atoms in total. The van der Waals surface area contributed by atoms with Gasteiger partial charge in [0.15, 0.2) is 0 Å². The van der Waals surface area contributed by atoms with E-state index in [9.17, 15) is 9.59 Å². The third-order valence-electron chi connectivity index (χ3n) is 4.55. The lowest BCUT2D eigenvalue weighted by molar-refractivity contribution is -0.141. The summed E-state index contributed by atoms with van der Waals surface area (Å²) in [5.41, 5.74) is 0. The Kier molecular flexibility index (Phi) is 5.45. The van der Waals surface area contributed by atoms with Crippen LogP contribution in [0.15, 0.2) is 0 Å². The number of carboxylic acid groups (broad SMARTS) is 1. The van der Waals surface area contributed by atoms with Crippen LogP contribution in [0.3, 0.4) is 0 Å². The molecule has 6 heteroatoms. The summed E-state index contributed by atoms with van der Waals surface area (Å²) in [5, 5.41) is 9.03. The largest absolute Gasteiger partial charge is 0.481 e. The van der Waals surface area contributed by atoms with Gasteiger partial charge in [0.1, 0.15) is 0 Å². The number of aliphatic carboxylic acids is 1. The molecule has 1 N–H and O–H groups in total. The van der Waals surface area contributed by atoms with Crippen LogP contribution in [0.1, 0.15) is 39.5 Å². The number of fused-ring (bicyclic) bond motifs is 1. The maximum absolute atomic E-state index is 12.7. The first-order valence-corrected chi connectivity index (χ1v) is 7.94. The van der Waals surface area contributed by atoms with Gasteiger partial charge < -0.3 is 19.6 Å². The van der Waals surface area contributed by atoms with Crippen LogP contribution in [0.25, 0.3) is 0 Å². The number of carboxylic acids is 1. The minimum atomic E-state index is -0.862. The lowest BCUT2D eigenvalue weighted by Crippen LogP contribution is -2.58. The summed E-state index contributed by atoms with van der Waals surface area (Å²) >= 11 is 0. The van der Waals surface area contributed by atoms with Gasteiger partial charge in [-0.3, -0.25) is 4.79 Å². The van der Waals surface area contributed by atoms with E-state index in [1.165, 1.54) is 0 Å². The van der Waals surface area contributed by atoms with E-state index >= 15 is 0 Å². The fourth-order valence-electron chi connectivity index (χ4n) is 3.27. The Labute approximate surface area is 126 Å². The number of nitrogens with zero attached hydrogens (tertiary/aromatic N) is 2. The average Bonchev–Trinajstić information content (AvgIpc) is 2.51. The Morgan fingerprint density at radius 2 is 2.10 bits per heavy atom. The minimum absolute atomic E-state index is 0.0363. The molecule has 0 bridgehead atoms. The van der Waals surface area contributed by atoms with Gasteiger partial charge in [-0.25, -0.2) is 4.79 Å². The van der Waals surface area contributed by atoms with Crippen LogP contribution in [0.5, 0.6) is 0 Å². The van der Waals surface area contributed by atoms with E-state index in [4.69, 9.17) is 9.84 Å². The quantitative estimate of drug-likeness (QED) is 0.859. The van der Waals surface area contributed by atoms with E-state index in [-0.39, 0.29) is 24.7 Å². The molecule has 2 amide bonds. The SMILES string of the molecule is CCN(CC(C)C(=O)O)C(=O)N1CCOC2CCCCC21. The maximum Gasteiger partial charge on any atom is 0.320 e. The third-order valence-corrected chi connectivity index (χ3v) is 4.55. The smallest absolute Gasteiger partial charge is 0.320 e. The van der Waals surface area contributed by atoms with E-state index in [1.807, 2.05) is 11.8 Å². The summed E-state index contributed by atoms with van der Waals surface area (Å²) in [6.45, 7) is 5.52. The zero-order valence-electron chi connectivity index (χ0n) is 13.0. The standard InChI is InChI=1S/C15H26N2O4/c1-3-16(10-11(2)14(18)19)15(20)17-8-9-21-13-7-5-4-6-12(13)17/h11-13H,3-10H2,1-2H3,(H,18,19). The van der Waals surface area contributed by atoms with Crippen molar-refractivity contribution in [2.75, 3.05) is 26.2 Å². The van der Waals surface area contributed by atoms with E-state index in [2.05, 4.69) is 0 Å². The van der Waals surface area contributed by atoms with Crippen LogP contribution in [0, 0.1) is 5.92 Å². The first kappa shape index (κ1) is 16.1. The molecular weight excluding hydrogens is 272 g/mol. The topological polar surface area (TPSA) is 70.1 Å². The Hall–Kier alpha value is -1.30. The van der Waals surface area contributed by atoms with Crippen molar-refractivity contribution in [3.05, 3.63) is 0 Å². The van der Waals surface area contributed by atoms with Gasteiger partial charge in [-0.15, -0.1) is 0 Å². The lowest BCUT2D eigenvalue weighted by atomic mass is 9.90. The molecule has 0 radical (unpaired) electrons. The number of morpholine rings is 1. The Morgan fingerprint density at radius 1 is 1.38 bits per heavy atom. The van der Waals surface area contributed by atoms with Crippen molar-refractivity contribution in [3.63, 3.8) is 0 Å². The van der Waals surface area contributed by atoms with Crippen molar-refractivity contribution in [3.8, 4) is 0 Å². The number of amides is 2. The molecule has 1 heterocycles. The molecule has 3 atom stereocenters. The zero-order valence-corrected chi connectivity index (χ0v) is 13.0. The second kappa shape index (κ2) is 7.11. The Bertz CT molecular complexity index is 386. The molecule has 1 saturated heterocycles. The second-order valence-electron chi connectivity index (χ2n) is 6.01. The molecule has 2 rings (SSSR count). The average molecular weight is 298 g/mol. The fourth-order valence-corrected chi connectivity index (χ4v) is 3.27. The molecule has 1 aliphatic carbocycles. The highest BCUT2D eigenvalue weighted by atomic mass is 16.5. The van der Waals surface area contributed by atoms with Crippen LogP contribution in [-0.2, 0) is 9.53 Å². The van der Waals surface area contributed by atoms with Crippen LogP contribution >= 0.6 is 0 Å². The fraction of sp³-hybridized carbons (Fsp3) is 0.867. The first-order valence-electron chi connectivity index (χ1n) is 7.94. The summed E-state index contributed by atoms with van der Waals surface area (Å²) in [7, 11) is 0. The second-order valence-corrected chi connectivity index (χ2v) is 6.01. The zero-order chi connectivity index (χ0) is 15.4. The molecule has 0 spiro atoms. The van der Waals surface area contributed by atoms with Gasteiger partial charge in [0, 0.05) is 19.6 Å². The molecule has 0 aromatic heterocycles. The normalized spacial score (nSPS) is 26.9. The molecular formula is C15H26N2O4. The molecule has 2 aliphatic rings. The molecule has 1 saturated carbocycles. The van der Waals surface area contributed by atoms with Crippen molar-refractivity contribution >= 4 is 12.0 Å². The number of carbonyl (C=O) groups is 2. The van der Waals surface area contributed by atoms with E-state index in [0.717, 1.165) is 25.7 Å². The molecule has 120 valence electrons. The van der Waals surface area contributed by atoms with Crippen molar-refractivity contribution in [1.29, 1.82) is 0 Å². The molecule has 0 aromatic rings. The minimum Gasteiger partial charge on any atom is -0.481 e. The Balaban J connectivity index is 2.03. The van der Waals surface area contributed by atoms with Gasteiger partial charge in [0.25, 0.3) is 0 Å². The number of hydrogen-bond acceptors (Lipinski definition) is 3. The Morgan fingerprint density at radius 3 is 2.76 bits per heavy atom. The van der Waals surface area contributed by atoms with Gasteiger partial charge in [-0.05, 0) is 19.8 Å². The van der Waals surface area contributed by atoms with E-state index in [0.29, 0.717) is 19.7 Å². The lowest BCUT2D eigenvalue weighted by Gasteiger charge is -2.45. The molecule has 0 aromatic carbocycles. The summed E-state index contributed by atoms with van der Waals surface area (Å²) < 4.78 is 5.79. The monoisotopic (exact) mass is 298 g/mol. The summed E-state index contributed by atoms with van der Waals surface area (Å²) in [5.74, 6) is -1.41. The van der Waals surface area contributed by atoms with Crippen molar-refractivity contribution in [2.24, 2.45) is 5.92 Å². The molecule has 21 heavy (non-hydrogen) atoms. The number of carbonyl (C=O) groups excluding carboxylic acids is 1. The van der Waals surface area contributed by atoms with Crippen molar-refractivity contribution in [1.82, 2.24) is 9.80 Å². The highest BCUT2D eigenvalue weighted by molar-refractivity contribution is 5.76. The van der Waals surface area contributed by atoms with Gasteiger partial charge in [-0.1, -0.05) is 19.8 Å². The van der Waals surface area contributed by atoms with Crippen LogP contribution < -0.4 is 0 Å². The van der Waals surface area contributed by atoms with Crippen LogP contribution in [-0.4, -0.2) is 65.3 Å². The number of urea groups is 1. The molecule has 3 unspecified atom stereocenters. The van der Waals surface area contributed by atoms with E-state index < -0.39 is 11.9 Å². The summed E-state index contributed by atoms with van der Waals surface area (Å²) in [6, 6.07) is 0.125. The highest BCUT2D eigenvalue weighted by Gasteiger charge is 2.38. The maximum atomic E-state index is 12.7. The molecule has 2 fully saturated rings. The number of ether oxygens (including phenoxy) is 1. The third kappa shape index (κ3) is 3.67. The van der Waals surface area contributed by atoms with Crippen LogP contribution in [0.4, 0.5) is 4.79 Å². The number of hydrogen-bond donors (Lipinski definition) is 1. The van der Waals surface area contributed by atoms with Gasteiger partial charge in [-0.2, -0.15) is 0 Å².